The molecule has 1 amide bonds. The Morgan fingerprint density at radius 1 is 1.21 bits per heavy atom. The summed E-state index contributed by atoms with van der Waals surface area (Å²) in [6.45, 7) is 6.69. The minimum absolute atomic E-state index is 0.0229. The summed E-state index contributed by atoms with van der Waals surface area (Å²) in [7, 11) is 3.14. The first kappa shape index (κ1) is 20.3. The lowest BCUT2D eigenvalue weighted by molar-refractivity contribution is 0.0293. The quantitative estimate of drug-likeness (QED) is 0.771. The fourth-order valence-electron chi connectivity index (χ4n) is 3.10. The molecule has 0 saturated carbocycles. The third-order valence-corrected chi connectivity index (χ3v) is 4.52. The fourth-order valence-corrected chi connectivity index (χ4v) is 3.28. The fraction of sp³-hybridized carbons (Fsp3) is 0.526. The number of carbonyl (C=O) groups is 1. The van der Waals surface area contributed by atoms with Gasteiger partial charge in [0.05, 0.1) is 19.7 Å². The predicted molar refractivity (Wildman–Crippen MR) is 107 cm³/mol. The van der Waals surface area contributed by atoms with Crippen LogP contribution >= 0.6 is 11.6 Å². The van der Waals surface area contributed by atoms with E-state index in [1.807, 2.05) is 26.8 Å². The predicted octanol–water partition coefficient (Wildman–Crippen LogP) is 3.72. The van der Waals surface area contributed by atoms with Gasteiger partial charge in [-0.25, -0.2) is 14.8 Å². The number of likely N-dealkylation sites (tertiary alicyclic amines) is 1. The molecule has 3 rings (SSSR count). The molecule has 2 aromatic rings. The molecule has 0 spiro atoms. The van der Waals surface area contributed by atoms with Gasteiger partial charge < -0.3 is 24.4 Å². The van der Waals surface area contributed by atoms with Crippen molar-refractivity contribution in [1.29, 1.82) is 0 Å². The zero-order chi connectivity index (χ0) is 20.5. The van der Waals surface area contributed by atoms with Crippen molar-refractivity contribution in [3.63, 3.8) is 0 Å². The van der Waals surface area contributed by atoms with Crippen molar-refractivity contribution in [3.8, 4) is 11.5 Å². The van der Waals surface area contributed by atoms with Crippen LogP contribution in [0.5, 0.6) is 11.5 Å². The Bertz CT molecular complexity index is 884. The summed E-state index contributed by atoms with van der Waals surface area (Å²) in [5, 5.41) is 4.27. The van der Waals surface area contributed by atoms with E-state index in [0.717, 1.165) is 11.8 Å². The molecule has 9 heteroatoms. The zero-order valence-corrected chi connectivity index (χ0v) is 17.5. The number of hydrogen-bond acceptors (Lipinski definition) is 7. The maximum absolute atomic E-state index is 12.3. The SMILES string of the molecule is COc1cc2nc(Cl)nc(NC3CCN(C(=O)OC(C)(C)C)C3)c2cc1OC. The number of methoxy groups -OCH3 is 2. The maximum Gasteiger partial charge on any atom is 0.410 e. The second-order valence-electron chi connectivity index (χ2n) is 7.62. The molecule has 0 bridgehead atoms. The van der Waals surface area contributed by atoms with E-state index in [4.69, 9.17) is 25.8 Å². The summed E-state index contributed by atoms with van der Waals surface area (Å²) in [5.74, 6) is 1.73. The molecule has 1 N–H and O–H groups in total. The summed E-state index contributed by atoms with van der Waals surface area (Å²) in [4.78, 5) is 22.6. The van der Waals surface area contributed by atoms with Crippen LogP contribution < -0.4 is 14.8 Å². The van der Waals surface area contributed by atoms with E-state index in [1.54, 1.807) is 25.2 Å². The molecular weight excluding hydrogens is 384 g/mol. The van der Waals surface area contributed by atoms with E-state index in [9.17, 15) is 4.79 Å². The molecule has 1 unspecified atom stereocenters. The second kappa shape index (κ2) is 7.87. The number of amides is 1. The van der Waals surface area contributed by atoms with Crippen molar-refractivity contribution in [2.45, 2.75) is 38.8 Å². The molecule has 1 aromatic heterocycles. The highest BCUT2D eigenvalue weighted by Crippen LogP contribution is 2.35. The van der Waals surface area contributed by atoms with Gasteiger partial charge in [0.15, 0.2) is 11.5 Å². The van der Waals surface area contributed by atoms with Crippen LogP contribution in [0.25, 0.3) is 10.9 Å². The van der Waals surface area contributed by atoms with Crippen molar-refractivity contribution in [3.05, 3.63) is 17.4 Å². The Morgan fingerprint density at radius 3 is 2.54 bits per heavy atom. The standard InChI is InChI=1S/C19H25ClN4O4/c1-19(2,3)28-18(25)24-7-6-11(10-24)21-16-12-8-14(26-4)15(27-5)9-13(12)22-17(20)23-16/h8-9,11H,6-7,10H2,1-5H3,(H,21,22,23). The molecule has 0 radical (unpaired) electrons. The van der Waals surface area contributed by atoms with E-state index in [2.05, 4.69) is 15.3 Å². The third-order valence-electron chi connectivity index (χ3n) is 4.35. The van der Waals surface area contributed by atoms with Gasteiger partial charge in [-0.05, 0) is 44.9 Å². The van der Waals surface area contributed by atoms with Gasteiger partial charge in [0.25, 0.3) is 0 Å². The minimum Gasteiger partial charge on any atom is -0.493 e. The summed E-state index contributed by atoms with van der Waals surface area (Å²) in [5.41, 5.74) is 0.122. The zero-order valence-electron chi connectivity index (χ0n) is 16.7. The molecule has 1 aromatic carbocycles. The van der Waals surface area contributed by atoms with Gasteiger partial charge in [-0.2, -0.15) is 0 Å². The highest BCUT2D eigenvalue weighted by molar-refractivity contribution is 6.28. The Hall–Kier alpha value is -2.48. The van der Waals surface area contributed by atoms with Gasteiger partial charge >= 0.3 is 6.09 Å². The smallest absolute Gasteiger partial charge is 0.410 e. The molecule has 28 heavy (non-hydrogen) atoms. The number of halogens is 1. The molecule has 152 valence electrons. The van der Waals surface area contributed by atoms with Gasteiger partial charge in [-0.15, -0.1) is 0 Å². The number of ether oxygens (including phenoxy) is 3. The van der Waals surface area contributed by atoms with Crippen molar-refractivity contribution in [2.24, 2.45) is 0 Å². The van der Waals surface area contributed by atoms with Crippen LogP contribution in [0.1, 0.15) is 27.2 Å². The summed E-state index contributed by atoms with van der Waals surface area (Å²) < 4.78 is 16.2. The number of hydrogen-bond donors (Lipinski definition) is 1. The number of anilines is 1. The topological polar surface area (TPSA) is 85.8 Å². The average Bonchev–Trinajstić information content (AvgIpc) is 3.07. The third kappa shape index (κ3) is 4.49. The molecule has 1 saturated heterocycles. The Balaban J connectivity index is 1.82. The van der Waals surface area contributed by atoms with Gasteiger partial charge in [0.1, 0.15) is 11.4 Å². The van der Waals surface area contributed by atoms with Crippen LogP contribution in [0.2, 0.25) is 5.28 Å². The van der Waals surface area contributed by atoms with E-state index >= 15 is 0 Å². The van der Waals surface area contributed by atoms with Crippen molar-refractivity contribution in [1.82, 2.24) is 14.9 Å². The Morgan fingerprint density at radius 2 is 1.89 bits per heavy atom. The lowest BCUT2D eigenvalue weighted by Gasteiger charge is -2.24. The van der Waals surface area contributed by atoms with Crippen LogP contribution in [0.3, 0.4) is 0 Å². The normalized spacial score (nSPS) is 16.9. The van der Waals surface area contributed by atoms with Crippen molar-refractivity contribution in [2.75, 3.05) is 32.6 Å². The first-order chi connectivity index (χ1) is 13.2. The number of carbonyl (C=O) groups excluding carboxylic acids is 1. The number of nitrogens with one attached hydrogen (secondary N) is 1. The van der Waals surface area contributed by atoms with E-state index in [0.29, 0.717) is 35.9 Å². The summed E-state index contributed by atoms with van der Waals surface area (Å²) >= 11 is 6.11. The van der Waals surface area contributed by atoms with Gasteiger partial charge in [-0.3, -0.25) is 0 Å². The summed E-state index contributed by atoms with van der Waals surface area (Å²) in [6.07, 6.45) is 0.462. The molecule has 1 aliphatic rings. The highest BCUT2D eigenvalue weighted by Gasteiger charge is 2.30. The Kier molecular flexibility index (Phi) is 5.69. The van der Waals surface area contributed by atoms with Crippen molar-refractivity contribution < 1.29 is 19.0 Å². The average molecular weight is 409 g/mol. The monoisotopic (exact) mass is 408 g/mol. The van der Waals surface area contributed by atoms with Gasteiger partial charge in [0, 0.05) is 30.6 Å². The van der Waals surface area contributed by atoms with Crippen LogP contribution in [0.4, 0.5) is 10.6 Å². The maximum atomic E-state index is 12.3. The van der Waals surface area contributed by atoms with Crippen LogP contribution in [0.15, 0.2) is 12.1 Å². The number of benzene rings is 1. The molecular formula is C19H25ClN4O4. The molecule has 0 aliphatic carbocycles. The first-order valence-electron chi connectivity index (χ1n) is 9.04. The largest absolute Gasteiger partial charge is 0.493 e. The van der Waals surface area contributed by atoms with E-state index in [-0.39, 0.29) is 17.4 Å². The van der Waals surface area contributed by atoms with Gasteiger partial charge in [-0.1, -0.05) is 0 Å². The lowest BCUT2D eigenvalue weighted by atomic mass is 10.2. The molecule has 8 nitrogen and oxygen atoms in total. The van der Waals surface area contributed by atoms with Crippen LogP contribution in [0, 0.1) is 0 Å². The molecule has 1 fully saturated rings. The van der Waals surface area contributed by atoms with Crippen LogP contribution in [-0.2, 0) is 4.74 Å². The number of fused-ring (bicyclic) bond motifs is 1. The van der Waals surface area contributed by atoms with Crippen molar-refractivity contribution >= 4 is 34.4 Å². The molecule has 1 aliphatic heterocycles. The van der Waals surface area contributed by atoms with E-state index < -0.39 is 5.60 Å². The first-order valence-corrected chi connectivity index (χ1v) is 9.41. The Labute approximate surface area is 169 Å². The number of nitrogens with zero attached hydrogens (tertiary/aromatic N) is 3. The van der Waals surface area contributed by atoms with Crippen LogP contribution in [-0.4, -0.2) is 59.9 Å². The van der Waals surface area contributed by atoms with E-state index in [1.165, 1.54) is 0 Å². The number of rotatable bonds is 4. The highest BCUT2D eigenvalue weighted by atomic mass is 35.5. The molecule has 2 heterocycles. The summed E-state index contributed by atoms with van der Waals surface area (Å²) in [6, 6.07) is 3.59. The lowest BCUT2D eigenvalue weighted by Crippen LogP contribution is -2.36. The number of aromatic nitrogens is 2. The molecule has 1 atom stereocenters. The minimum atomic E-state index is -0.519. The van der Waals surface area contributed by atoms with Gasteiger partial charge in [0.2, 0.25) is 5.28 Å². The second-order valence-corrected chi connectivity index (χ2v) is 7.96.